The summed E-state index contributed by atoms with van der Waals surface area (Å²) in [5.74, 6) is 1.16. The van der Waals surface area contributed by atoms with Crippen molar-refractivity contribution in [3.63, 3.8) is 0 Å². The molecule has 2 N–H and O–H groups in total. The SMILES string of the molecule is NCCn1cc(-c2nc(C3CN4CCN3CC4)no2)nn1. The molecule has 0 aliphatic carbocycles. The lowest BCUT2D eigenvalue weighted by molar-refractivity contribution is 0.00781. The van der Waals surface area contributed by atoms with E-state index in [0.717, 1.165) is 38.5 Å². The maximum atomic E-state index is 5.49. The van der Waals surface area contributed by atoms with Gasteiger partial charge in [-0.05, 0) is 0 Å². The Morgan fingerprint density at radius 3 is 2.86 bits per heavy atom. The van der Waals surface area contributed by atoms with Crippen LogP contribution in [0.1, 0.15) is 11.9 Å². The van der Waals surface area contributed by atoms with Crippen molar-refractivity contribution < 1.29 is 4.52 Å². The van der Waals surface area contributed by atoms with Crippen molar-refractivity contribution in [3.05, 3.63) is 12.0 Å². The summed E-state index contributed by atoms with van der Waals surface area (Å²) >= 11 is 0. The van der Waals surface area contributed by atoms with Crippen LogP contribution in [0, 0.1) is 0 Å². The maximum absolute atomic E-state index is 5.49. The topological polar surface area (TPSA) is 102 Å². The van der Waals surface area contributed by atoms with Crippen LogP contribution in [0.5, 0.6) is 0 Å². The highest BCUT2D eigenvalue weighted by Gasteiger charge is 2.35. The number of hydrogen-bond donors (Lipinski definition) is 1. The molecular weight excluding hydrogens is 272 g/mol. The third kappa shape index (κ3) is 2.33. The van der Waals surface area contributed by atoms with Gasteiger partial charge in [0, 0.05) is 39.3 Å². The minimum Gasteiger partial charge on any atom is -0.332 e. The van der Waals surface area contributed by atoms with E-state index in [1.54, 1.807) is 10.9 Å². The van der Waals surface area contributed by atoms with Gasteiger partial charge in [0.2, 0.25) is 0 Å². The lowest BCUT2D eigenvalue weighted by Crippen LogP contribution is -2.57. The molecule has 3 saturated heterocycles. The molecule has 0 radical (unpaired) electrons. The number of nitrogens with two attached hydrogens (primary N) is 1. The third-order valence-electron chi connectivity index (χ3n) is 4.13. The molecule has 1 unspecified atom stereocenters. The third-order valence-corrected chi connectivity index (χ3v) is 4.13. The van der Waals surface area contributed by atoms with Gasteiger partial charge in [0.05, 0.1) is 18.8 Å². The van der Waals surface area contributed by atoms with E-state index in [1.165, 1.54) is 0 Å². The van der Waals surface area contributed by atoms with Crippen molar-refractivity contribution in [3.8, 4) is 11.6 Å². The largest absolute Gasteiger partial charge is 0.332 e. The summed E-state index contributed by atoms with van der Waals surface area (Å²) in [6, 6.07) is 0.226. The van der Waals surface area contributed by atoms with Gasteiger partial charge in [-0.1, -0.05) is 10.4 Å². The number of rotatable bonds is 4. The van der Waals surface area contributed by atoms with Gasteiger partial charge in [-0.25, -0.2) is 0 Å². The van der Waals surface area contributed by atoms with Crippen molar-refractivity contribution >= 4 is 0 Å². The molecule has 0 amide bonds. The van der Waals surface area contributed by atoms with E-state index in [1.807, 2.05) is 0 Å². The van der Waals surface area contributed by atoms with Gasteiger partial charge in [0.25, 0.3) is 5.89 Å². The van der Waals surface area contributed by atoms with Crippen molar-refractivity contribution in [2.24, 2.45) is 5.73 Å². The van der Waals surface area contributed by atoms with E-state index in [4.69, 9.17) is 10.3 Å². The summed E-state index contributed by atoms with van der Waals surface area (Å²) in [5.41, 5.74) is 6.09. The van der Waals surface area contributed by atoms with Gasteiger partial charge < -0.3 is 10.3 Å². The normalized spacial score (nSPS) is 28.1. The van der Waals surface area contributed by atoms with E-state index in [2.05, 4.69) is 30.3 Å². The standard InChI is InChI=1S/C12H18N8O/c13-1-2-20-7-9(15-17-20)12-14-11(16-21-12)10-8-18-3-5-19(10)6-4-18/h7,10H,1-6,8,13H2. The van der Waals surface area contributed by atoms with Crippen LogP contribution in [0.2, 0.25) is 0 Å². The molecule has 2 aromatic heterocycles. The Kier molecular flexibility index (Phi) is 3.17. The number of fused-ring (bicyclic) bond motifs is 3. The Bertz CT molecular complexity index is 614. The zero-order chi connectivity index (χ0) is 14.2. The van der Waals surface area contributed by atoms with Crippen LogP contribution in [0.3, 0.4) is 0 Å². The summed E-state index contributed by atoms with van der Waals surface area (Å²) in [6.07, 6.45) is 1.78. The molecule has 3 aliphatic rings. The Morgan fingerprint density at radius 1 is 1.29 bits per heavy atom. The molecule has 112 valence electrons. The fourth-order valence-corrected chi connectivity index (χ4v) is 2.97. The zero-order valence-electron chi connectivity index (χ0n) is 11.7. The maximum Gasteiger partial charge on any atom is 0.280 e. The van der Waals surface area contributed by atoms with Crippen LogP contribution in [-0.4, -0.2) is 74.2 Å². The van der Waals surface area contributed by atoms with E-state index in [0.29, 0.717) is 24.7 Å². The van der Waals surface area contributed by atoms with Gasteiger partial charge >= 0.3 is 0 Å². The van der Waals surface area contributed by atoms with Crippen LogP contribution >= 0.6 is 0 Å². The Balaban J connectivity index is 1.55. The molecule has 5 rings (SSSR count). The molecule has 0 saturated carbocycles. The van der Waals surface area contributed by atoms with Gasteiger partial charge in [0.1, 0.15) is 0 Å². The van der Waals surface area contributed by atoms with Crippen molar-refractivity contribution in [1.29, 1.82) is 0 Å². The molecule has 0 aromatic carbocycles. The fourth-order valence-electron chi connectivity index (χ4n) is 2.97. The first-order valence-electron chi connectivity index (χ1n) is 7.24. The lowest BCUT2D eigenvalue weighted by Gasteiger charge is -2.46. The molecule has 3 fully saturated rings. The summed E-state index contributed by atoms with van der Waals surface area (Å²) in [5, 5.41) is 12.2. The Morgan fingerprint density at radius 2 is 2.14 bits per heavy atom. The first kappa shape index (κ1) is 12.9. The van der Waals surface area contributed by atoms with Crippen molar-refractivity contribution in [1.82, 2.24) is 34.9 Å². The van der Waals surface area contributed by atoms with E-state index in [9.17, 15) is 0 Å². The molecule has 3 aliphatic heterocycles. The molecule has 21 heavy (non-hydrogen) atoms. The van der Waals surface area contributed by atoms with Gasteiger partial charge in [-0.2, -0.15) is 4.98 Å². The average molecular weight is 290 g/mol. The highest BCUT2D eigenvalue weighted by molar-refractivity contribution is 5.43. The molecule has 9 nitrogen and oxygen atoms in total. The van der Waals surface area contributed by atoms with Gasteiger partial charge in [-0.3, -0.25) is 14.5 Å². The van der Waals surface area contributed by atoms with Crippen LogP contribution in [0.25, 0.3) is 11.6 Å². The molecule has 0 spiro atoms. The Hall–Kier alpha value is -1.84. The van der Waals surface area contributed by atoms with Crippen LogP contribution < -0.4 is 5.73 Å². The Labute approximate surface area is 121 Å². The molecule has 2 aromatic rings. The summed E-state index contributed by atoms with van der Waals surface area (Å²) in [4.78, 5) is 9.36. The summed E-state index contributed by atoms with van der Waals surface area (Å²) in [6.45, 7) is 6.52. The number of piperazine rings is 3. The summed E-state index contributed by atoms with van der Waals surface area (Å²) < 4.78 is 7.03. The second kappa shape index (κ2) is 5.17. The van der Waals surface area contributed by atoms with Gasteiger partial charge in [-0.15, -0.1) is 5.10 Å². The zero-order valence-corrected chi connectivity index (χ0v) is 11.7. The van der Waals surface area contributed by atoms with E-state index < -0.39 is 0 Å². The average Bonchev–Trinajstić information content (AvgIpc) is 3.17. The minimum atomic E-state index is 0.226. The molecule has 1 atom stereocenters. The first-order chi connectivity index (χ1) is 10.3. The lowest BCUT2D eigenvalue weighted by atomic mass is 10.1. The monoisotopic (exact) mass is 290 g/mol. The molecule has 9 heteroatoms. The second-order valence-corrected chi connectivity index (χ2v) is 5.47. The number of nitrogens with zero attached hydrogens (tertiary/aromatic N) is 7. The predicted octanol–water partition coefficient (Wildman–Crippen LogP) is -1.04. The fraction of sp³-hybridized carbons (Fsp3) is 0.667. The highest BCUT2D eigenvalue weighted by Crippen LogP contribution is 2.28. The highest BCUT2D eigenvalue weighted by atomic mass is 16.5. The summed E-state index contributed by atoms with van der Waals surface area (Å²) in [7, 11) is 0. The van der Waals surface area contributed by atoms with Crippen molar-refractivity contribution in [2.75, 3.05) is 39.3 Å². The van der Waals surface area contributed by atoms with Gasteiger partial charge in [0.15, 0.2) is 11.5 Å². The minimum absolute atomic E-state index is 0.226. The molecule has 5 heterocycles. The molecule has 2 bridgehead atoms. The first-order valence-corrected chi connectivity index (χ1v) is 7.24. The second-order valence-electron chi connectivity index (χ2n) is 5.47. The number of hydrogen-bond acceptors (Lipinski definition) is 8. The predicted molar refractivity (Wildman–Crippen MR) is 73.1 cm³/mol. The van der Waals surface area contributed by atoms with Crippen LogP contribution in [0.4, 0.5) is 0 Å². The number of aromatic nitrogens is 5. The molecular formula is C12H18N8O. The quantitative estimate of drug-likeness (QED) is 0.761. The van der Waals surface area contributed by atoms with Crippen LogP contribution in [0.15, 0.2) is 10.7 Å². The van der Waals surface area contributed by atoms with Crippen molar-refractivity contribution in [2.45, 2.75) is 12.6 Å². The van der Waals surface area contributed by atoms with E-state index in [-0.39, 0.29) is 6.04 Å². The van der Waals surface area contributed by atoms with E-state index >= 15 is 0 Å². The smallest absolute Gasteiger partial charge is 0.280 e. The van der Waals surface area contributed by atoms with Crippen LogP contribution in [-0.2, 0) is 6.54 Å².